The van der Waals surface area contributed by atoms with E-state index < -0.39 is 36.8 Å². The van der Waals surface area contributed by atoms with Gasteiger partial charge in [-0.05, 0) is 12.6 Å². The topological polar surface area (TPSA) is 105 Å². The van der Waals surface area contributed by atoms with Gasteiger partial charge in [0, 0.05) is 13.0 Å². The van der Waals surface area contributed by atoms with Crippen LogP contribution in [0, 0.1) is 0 Å². The molecule has 3 unspecified atom stereocenters. The van der Waals surface area contributed by atoms with Crippen LogP contribution in [-0.4, -0.2) is 43.1 Å². The van der Waals surface area contributed by atoms with Crippen LogP contribution in [0.2, 0.25) is 0 Å². The predicted octanol–water partition coefficient (Wildman–Crippen LogP) is 0.709. The third kappa shape index (κ3) is 4.84. The van der Waals surface area contributed by atoms with Gasteiger partial charge in [-0.2, -0.15) is 0 Å². The Hall–Kier alpha value is -1.07. The van der Waals surface area contributed by atoms with E-state index in [0.717, 1.165) is 7.11 Å². The first-order valence-electron chi connectivity index (χ1n) is 5.99. The van der Waals surface area contributed by atoms with Crippen LogP contribution < -0.4 is 10.2 Å². The molecule has 3 atom stereocenters. The SMILES string of the molecule is CCOC(=O)NC(C(=O)OC)C(C)P(=O)([O-])C(C)C. The minimum Gasteiger partial charge on any atom is -0.799 e. The number of hydrogen-bond acceptors (Lipinski definition) is 6. The molecule has 0 aliphatic carbocycles. The summed E-state index contributed by atoms with van der Waals surface area (Å²) in [4.78, 5) is 35.0. The fraction of sp³-hybridized carbons (Fsp3) is 0.818. The van der Waals surface area contributed by atoms with Crippen molar-refractivity contribution in [3.05, 3.63) is 0 Å². The number of methoxy groups -OCH3 is 1. The molecule has 0 fully saturated rings. The summed E-state index contributed by atoms with van der Waals surface area (Å²) in [5, 5.41) is 2.22. The maximum absolute atomic E-state index is 12.1. The molecule has 0 aliphatic rings. The molecule has 1 N–H and O–H groups in total. The van der Waals surface area contributed by atoms with E-state index in [1.54, 1.807) is 6.92 Å². The van der Waals surface area contributed by atoms with Crippen molar-refractivity contribution in [3.63, 3.8) is 0 Å². The van der Waals surface area contributed by atoms with Crippen LogP contribution in [-0.2, 0) is 18.8 Å². The highest BCUT2D eigenvalue weighted by Crippen LogP contribution is 2.47. The van der Waals surface area contributed by atoms with E-state index >= 15 is 0 Å². The van der Waals surface area contributed by atoms with Crippen LogP contribution in [0.15, 0.2) is 0 Å². The molecule has 0 rings (SSSR count). The van der Waals surface area contributed by atoms with Gasteiger partial charge in [-0.3, -0.25) is 0 Å². The van der Waals surface area contributed by atoms with Gasteiger partial charge in [-0.1, -0.05) is 20.8 Å². The van der Waals surface area contributed by atoms with Gasteiger partial charge in [0.25, 0.3) is 0 Å². The van der Waals surface area contributed by atoms with Gasteiger partial charge in [0.05, 0.1) is 13.7 Å². The summed E-state index contributed by atoms with van der Waals surface area (Å²) in [6.45, 7) is 6.11. The lowest BCUT2D eigenvalue weighted by molar-refractivity contribution is -0.180. The summed E-state index contributed by atoms with van der Waals surface area (Å²) in [5.74, 6) is -0.822. The highest BCUT2D eigenvalue weighted by Gasteiger charge is 2.35. The van der Waals surface area contributed by atoms with Crippen molar-refractivity contribution in [2.24, 2.45) is 0 Å². The largest absolute Gasteiger partial charge is 0.799 e. The predicted molar refractivity (Wildman–Crippen MR) is 68.2 cm³/mol. The number of rotatable bonds is 6. The van der Waals surface area contributed by atoms with Crippen molar-refractivity contribution >= 4 is 19.4 Å². The second-order valence-corrected chi connectivity index (χ2v) is 7.48. The van der Waals surface area contributed by atoms with Crippen molar-refractivity contribution in [3.8, 4) is 0 Å². The smallest absolute Gasteiger partial charge is 0.407 e. The monoisotopic (exact) mass is 294 g/mol. The van der Waals surface area contributed by atoms with Crippen molar-refractivity contribution in [2.45, 2.75) is 45.1 Å². The Morgan fingerprint density at radius 3 is 2.21 bits per heavy atom. The first-order valence-corrected chi connectivity index (χ1v) is 7.76. The molecule has 0 radical (unpaired) electrons. The quantitative estimate of drug-likeness (QED) is 0.571. The van der Waals surface area contributed by atoms with E-state index in [-0.39, 0.29) is 6.61 Å². The van der Waals surface area contributed by atoms with E-state index in [4.69, 9.17) is 0 Å². The van der Waals surface area contributed by atoms with Crippen LogP contribution in [0.25, 0.3) is 0 Å². The van der Waals surface area contributed by atoms with Gasteiger partial charge in [0.1, 0.15) is 6.04 Å². The maximum Gasteiger partial charge on any atom is 0.407 e. The van der Waals surface area contributed by atoms with E-state index in [9.17, 15) is 19.0 Å². The minimum absolute atomic E-state index is 0.118. The maximum atomic E-state index is 12.1. The number of nitrogens with one attached hydrogen (secondary N) is 1. The highest BCUT2D eigenvalue weighted by molar-refractivity contribution is 7.58. The van der Waals surface area contributed by atoms with Gasteiger partial charge in [0.2, 0.25) is 0 Å². The lowest BCUT2D eigenvalue weighted by atomic mass is 10.2. The summed E-state index contributed by atoms with van der Waals surface area (Å²) in [5.41, 5.74) is -1.72. The second-order valence-electron chi connectivity index (χ2n) is 4.35. The Bertz CT molecular complexity index is 370. The third-order valence-electron chi connectivity index (χ3n) is 2.77. The highest BCUT2D eigenvalue weighted by atomic mass is 31.2. The molecular formula is C11H21NO6P-. The van der Waals surface area contributed by atoms with Gasteiger partial charge in [-0.15, -0.1) is 0 Å². The fourth-order valence-electron chi connectivity index (χ4n) is 1.48. The van der Waals surface area contributed by atoms with Crippen molar-refractivity contribution < 1.29 is 28.5 Å². The Balaban J connectivity index is 5.10. The normalized spacial score (nSPS) is 17.2. The molecule has 0 aromatic carbocycles. The zero-order chi connectivity index (χ0) is 15.2. The molecule has 8 heteroatoms. The molecule has 19 heavy (non-hydrogen) atoms. The zero-order valence-electron chi connectivity index (χ0n) is 11.8. The van der Waals surface area contributed by atoms with Gasteiger partial charge >= 0.3 is 12.1 Å². The van der Waals surface area contributed by atoms with Gasteiger partial charge in [-0.25, -0.2) is 9.59 Å². The van der Waals surface area contributed by atoms with Crippen molar-refractivity contribution in [1.82, 2.24) is 5.32 Å². The Morgan fingerprint density at radius 2 is 1.84 bits per heavy atom. The molecule has 112 valence electrons. The Kier molecular flexibility index (Phi) is 7.08. The van der Waals surface area contributed by atoms with E-state index in [1.165, 1.54) is 20.8 Å². The van der Waals surface area contributed by atoms with Crippen molar-refractivity contribution in [2.75, 3.05) is 13.7 Å². The third-order valence-corrected chi connectivity index (χ3v) is 5.65. The standard InChI is InChI=1S/C11H22NO6P/c1-6-18-11(14)12-9(10(13)17-5)8(4)19(15,16)7(2)3/h7-9H,6H2,1-5H3,(H,12,14)(H,15,16)/p-1. The summed E-state index contributed by atoms with van der Waals surface area (Å²) in [7, 11) is -2.75. The molecule has 1 amide bonds. The van der Waals surface area contributed by atoms with Gasteiger partial charge < -0.3 is 24.2 Å². The van der Waals surface area contributed by atoms with E-state index in [2.05, 4.69) is 14.8 Å². The molecule has 0 aromatic heterocycles. The summed E-state index contributed by atoms with van der Waals surface area (Å²) in [6, 6.07) is -1.28. The second kappa shape index (κ2) is 7.50. The fourth-order valence-corrected chi connectivity index (χ4v) is 3.03. The van der Waals surface area contributed by atoms with E-state index in [0.29, 0.717) is 0 Å². The number of alkyl carbamates (subject to hydrolysis) is 1. The molecule has 0 aromatic rings. The van der Waals surface area contributed by atoms with Crippen LogP contribution in [0.1, 0.15) is 27.7 Å². The van der Waals surface area contributed by atoms with Crippen LogP contribution in [0.3, 0.4) is 0 Å². The molecule has 0 aliphatic heterocycles. The number of hydrogen-bond donors (Lipinski definition) is 1. The molecule has 0 saturated carbocycles. The van der Waals surface area contributed by atoms with Crippen LogP contribution >= 0.6 is 7.37 Å². The average molecular weight is 294 g/mol. The molecular weight excluding hydrogens is 273 g/mol. The zero-order valence-corrected chi connectivity index (χ0v) is 12.7. The molecule has 0 saturated heterocycles. The lowest BCUT2D eigenvalue weighted by Crippen LogP contribution is -2.50. The minimum atomic E-state index is -3.87. The first kappa shape index (κ1) is 17.9. The number of carbonyl (C=O) groups excluding carboxylic acids is 2. The molecule has 0 bridgehead atoms. The van der Waals surface area contributed by atoms with Crippen molar-refractivity contribution in [1.29, 1.82) is 0 Å². The average Bonchev–Trinajstić information content (AvgIpc) is 2.34. The molecule has 7 nitrogen and oxygen atoms in total. The van der Waals surface area contributed by atoms with E-state index in [1.807, 2.05) is 0 Å². The van der Waals surface area contributed by atoms with Gasteiger partial charge in [0.15, 0.2) is 0 Å². The summed E-state index contributed by atoms with van der Waals surface area (Å²) in [6.07, 6.45) is -0.853. The number of carbonyl (C=O) groups is 2. The first-order chi connectivity index (χ1) is 8.68. The summed E-state index contributed by atoms with van der Waals surface area (Å²) < 4.78 is 21.2. The number of esters is 1. The van der Waals surface area contributed by atoms with Crippen LogP contribution in [0.4, 0.5) is 4.79 Å². The Morgan fingerprint density at radius 1 is 1.32 bits per heavy atom. The molecule has 0 heterocycles. The number of ether oxygens (including phenoxy) is 2. The summed E-state index contributed by atoms with van der Waals surface area (Å²) >= 11 is 0. The lowest BCUT2D eigenvalue weighted by Gasteiger charge is -2.37. The number of amides is 1. The van der Waals surface area contributed by atoms with Crippen LogP contribution in [0.5, 0.6) is 0 Å². The Labute approximate surface area is 113 Å². The molecule has 0 spiro atoms.